The molecule has 1 aliphatic rings. The highest BCUT2D eigenvalue weighted by atomic mass is 32.2. The van der Waals surface area contributed by atoms with Crippen LogP contribution in [0.4, 0.5) is 10.1 Å². The van der Waals surface area contributed by atoms with Gasteiger partial charge in [-0.25, -0.2) is 17.5 Å². The van der Waals surface area contributed by atoms with Crippen molar-refractivity contribution < 1.29 is 17.9 Å². The van der Waals surface area contributed by atoms with Crippen LogP contribution in [-0.2, 0) is 10.0 Å². The maximum absolute atomic E-state index is 13.3. The van der Waals surface area contributed by atoms with Crippen LogP contribution in [0.25, 0.3) is 0 Å². The maximum Gasteiger partial charge on any atom is 0.241 e. The lowest BCUT2D eigenvalue weighted by atomic mass is 9.94. The molecule has 5 nitrogen and oxygen atoms in total. The van der Waals surface area contributed by atoms with Gasteiger partial charge in [0, 0.05) is 6.04 Å². The number of rotatable bonds is 3. The summed E-state index contributed by atoms with van der Waals surface area (Å²) in [6.45, 7) is 1.53. The highest BCUT2D eigenvalue weighted by Crippen LogP contribution is 2.24. The van der Waals surface area contributed by atoms with Gasteiger partial charge in [0.1, 0.15) is 5.82 Å². The Hall–Kier alpha value is -1.18. The number of sulfonamides is 1. The summed E-state index contributed by atoms with van der Waals surface area (Å²) in [5, 5.41) is 9.42. The lowest BCUT2D eigenvalue weighted by Gasteiger charge is -2.26. The van der Waals surface area contributed by atoms with Crippen molar-refractivity contribution in [2.75, 3.05) is 5.73 Å². The lowest BCUT2D eigenvalue weighted by Crippen LogP contribution is -2.38. The Balaban J connectivity index is 2.20. The predicted octanol–water partition coefficient (Wildman–Crippen LogP) is 1.30. The first-order valence-corrected chi connectivity index (χ1v) is 8.04. The largest absolute Gasteiger partial charge is 0.396 e. The average molecular weight is 302 g/mol. The third-order valence-corrected chi connectivity index (χ3v) is 5.26. The van der Waals surface area contributed by atoms with E-state index in [1.165, 1.54) is 6.92 Å². The van der Waals surface area contributed by atoms with E-state index in [0.29, 0.717) is 31.2 Å². The minimum atomic E-state index is -3.73. The van der Waals surface area contributed by atoms with Gasteiger partial charge in [0.15, 0.2) is 0 Å². The second-order valence-corrected chi connectivity index (χ2v) is 6.95. The number of hydrogen-bond acceptors (Lipinski definition) is 4. The van der Waals surface area contributed by atoms with Crippen molar-refractivity contribution in [3.8, 4) is 0 Å². The van der Waals surface area contributed by atoms with E-state index in [9.17, 15) is 17.9 Å². The Kier molecular flexibility index (Phi) is 4.31. The summed E-state index contributed by atoms with van der Waals surface area (Å²) in [5.41, 5.74) is 5.57. The molecule has 0 aromatic heterocycles. The van der Waals surface area contributed by atoms with Crippen LogP contribution in [0.5, 0.6) is 0 Å². The molecule has 0 radical (unpaired) electrons. The molecule has 1 aliphatic carbocycles. The van der Waals surface area contributed by atoms with Crippen LogP contribution in [0.1, 0.15) is 31.2 Å². The number of aliphatic hydroxyl groups is 1. The number of nitrogens with two attached hydrogens (primary N) is 1. The molecule has 0 unspecified atom stereocenters. The molecule has 0 heterocycles. The van der Waals surface area contributed by atoms with Gasteiger partial charge < -0.3 is 10.8 Å². The van der Waals surface area contributed by atoms with Gasteiger partial charge in [0.25, 0.3) is 0 Å². The smallest absolute Gasteiger partial charge is 0.241 e. The molecule has 0 saturated heterocycles. The number of nitrogens with one attached hydrogen (secondary N) is 1. The number of anilines is 1. The van der Waals surface area contributed by atoms with E-state index in [1.54, 1.807) is 0 Å². The van der Waals surface area contributed by atoms with E-state index >= 15 is 0 Å². The van der Waals surface area contributed by atoms with Crippen molar-refractivity contribution in [1.82, 2.24) is 4.72 Å². The first-order chi connectivity index (χ1) is 9.29. The van der Waals surface area contributed by atoms with Crippen molar-refractivity contribution >= 4 is 15.7 Å². The van der Waals surface area contributed by atoms with Crippen molar-refractivity contribution in [2.24, 2.45) is 0 Å². The highest BCUT2D eigenvalue weighted by Gasteiger charge is 2.26. The van der Waals surface area contributed by atoms with Gasteiger partial charge in [0.2, 0.25) is 10.0 Å². The summed E-state index contributed by atoms with van der Waals surface area (Å²) in [6.07, 6.45) is 2.00. The monoisotopic (exact) mass is 302 g/mol. The molecule has 0 bridgehead atoms. The van der Waals surface area contributed by atoms with Crippen molar-refractivity contribution in [2.45, 2.75) is 49.6 Å². The number of nitrogen functional groups attached to an aromatic ring is 1. The molecule has 20 heavy (non-hydrogen) atoms. The van der Waals surface area contributed by atoms with Crippen LogP contribution in [-0.4, -0.2) is 25.7 Å². The SMILES string of the molecule is Cc1cc(F)c(N)cc1S(=O)(=O)NC1CCC(O)CC1. The van der Waals surface area contributed by atoms with E-state index in [2.05, 4.69) is 4.72 Å². The summed E-state index contributed by atoms with van der Waals surface area (Å²) >= 11 is 0. The normalized spacial score (nSPS) is 23.8. The van der Waals surface area contributed by atoms with E-state index in [1.807, 2.05) is 0 Å². The lowest BCUT2D eigenvalue weighted by molar-refractivity contribution is 0.120. The van der Waals surface area contributed by atoms with Crippen LogP contribution in [0.15, 0.2) is 17.0 Å². The molecule has 0 atom stereocenters. The summed E-state index contributed by atoms with van der Waals surface area (Å²) in [6, 6.07) is 2.06. The van der Waals surface area contributed by atoms with Crippen LogP contribution in [0.2, 0.25) is 0 Å². The average Bonchev–Trinajstić information content (AvgIpc) is 2.36. The first-order valence-electron chi connectivity index (χ1n) is 6.55. The fourth-order valence-corrected chi connectivity index (χ4v) is 4.00. The topological polar surface area (TPSA) is 92.4 Å². The third-order valence-electron chi connectivity index (χ3n) is 3.60. The Labute approximate surface area is 118 Å². The second-order valence-electron chi connectivity index (χ2n) is 5.27. The van der Waals surface area contributed by atoms with Gasteiger partial charge in [-0.15, -0.1) is 0 Å². The van der Waals surface area contributed by atoms with Gasteiger partial charge in [-0.2, -0.15) is 0 Å². The van der Waals surface area contributed by atoms with Crippen LogP contribution >= 0.6 is 0 Å². The number of aryl methyl sites for hydroxylation is 1. The van der Waals surface area contributed by atoms with Crippen LogP contribution in [0.3, 0.4) is 0 Å². The predicted molar refractivity (Wildman–Crippen MR) is 74.1 cm³/mol. The Morgan fingerprint density at radius 1 is 1.30 bits per heavy atom. The summed E-state index contributed by atoms with van der Waals surface area (Å²) < 4.78 is 40.5. The Morgan fingerprint density at radius 2 is 1.90 bits per heavy atom. The van der Waals surface area contributed by atoms with Gasteiger partial charge in [-0.1, -0.05) is 0 Å². The third kappa shape index (κ3) is 3.28. The zero-order chi connectivity index (χ0) is 14.9. The number of aliphatic hydroxyl groups excluding tert-OH is 1. The van der Waals surface area contributed by atoms with Crippen LogP contribution < -0.4 is 10.5 Å². The fourth-order valence-electron chi connectivity index (χ4n) is 2.43. The molecule has 1 saturated carbocycles. The van der Waals surface area contributed by atoms with E-state index in [-0.39, 0.29) is 22.7 Å². The summed E-state index contributed by atoms with van der Waals surface area (Å²) in [4.78, 5) is 0.00234. The van der Waals surface area contributed by atoms with Crippen molar-refractivity contribution in [1.29, 1.82) is 0 Å². The zero-order valence-electron chi connectivity index (χ0n) is 11.3. The summed E-state index contributed by atoms with van der Waals surface area (Å²) in [7, 11) is -3.73. The molecule has 0 amide bonds. The molecule has 7 heteroatoms. The minimum absolute atomic E-state index is 0.00234. The summed E-state index contributed by atoms with van der Waals surface area (Å²) in [5.74, 6) is -0.623. The molecule has 2 rings (SSSR count). The molecular weight excluding hydrogens is 283 g/mol. The molecule has 1 aromatic rings. The van der Waals surface area contributed by atoms with E-state index < -0.39 is 15.8 Å². The molecule has 4 N–H and O–H groups in total. The van der Waals surface area contributed by atoms with Gasteiger partial charge in [-0.05, 0) is 50.3 Å². The van der Waals surface area contributed by atoms with Crippen molar-refractivity contribution in [3.63, 3.8) is 0 Å². The van der Waals surface area contributed by atoms with Gasteiger partial charge in [-0.3, -0.25) is 0 Å². The van der Waals surface area contributed by atoms with Crippen molar-refractivity contribution in [3.05, 3.63) is 23.5 Å². The molecule has 1 fully saturated rings. The zero-order valence-corrected chi connectivity index (χ0v) is 12.1. The van der Waals surface area contributed by atoms with E-state index in [4.69, 9.17) is 5.73 Å². The number of hydrogen-bond donors (Lipinski definition) is 3. The Morgan fingerprint density at radius 3 is 2.50 bits per heavy atom. The molecular formula is C13H19FN2O3S. The molecule has 0 spiro atoms. The highest BCUT2D eigenvalue weighted by molar-refractivity contribution is 7.89. The molecule has 1 aromatic carbocycles. The molecule has 0 aliphatic heterocycles. The number of benzene rings is 1. The molecule has 112 valence electrons. The minimum Gasteiger partial charge on any atom is -0.396 e. The first kappa shape index (κ1) is 15.2. The van der Waals surface area contributed by atoms with Gasteiger partial charge in [0.05, 0.1) is 16.7 Å². The van der Waals surface area contributed by atoms with E-state index in [0.717, 1.165) is 12.1 Å². The Bertz CT molecular complexity index is 596. The fraction of sp³-hybridized carbons (Fsp3) is 0.538. The van der Waals surface area contributed by atoms with Crippen LogP contribution in [0, 0.1) is 12.7 Å². The second kappa shape index (κ2) is 5.67. The maximum atomic E-state index is 13.3. The quantitative estimate of drug-likeness (QED) is 0.734. The number of halogens is 1. The standard InChI is InChI=1S/C13H19FN2O3S/c1-8-6-11(14)12(15)7-13(8)20(18,19)16-9-2-4-10(17)5-3-9/h6-7,9-10,16-17H,2-5,15H2,1H3. The van der Waals surface area contributed by atoms with Gasteiger partial charge >= 0.3 is 0 Å².